The molecule has 0 amide bonds. The largest absolute Gasteiger partial charge is 0.573 e. The van der Waals surface area contributed by atoms with Gasteiger partial charge in [-0.15, -0.1) is 13.2 Å². The Kier molecular flexibility index (Phi) is 14.8. The maximum atomic E-state index is 12.2. The first kappa shape index (κ1) is 30.1. The predicted octanol–water partition coefficient (Wildman–Crippen LogP) is 6.53. The van der Waals surface area contributed by atoms with E-state index in [0.29, 0.717) is 32.0 Å². The molecule has 1 rings (SSSR count). The van der Waals surface area contributed by atoms with Gasteiger partial charge in [-0.2, -0.15) is 0 Å². The molecule has 6 nitrogen and oxygen atoms in total. The molecule has 0 aromatic heterocycles. The van der Waals surface area contributed by atoms with E-state index in [-0.39, 0.29) is 5.75 Å². The molecule has 0 N–H and O–H groups in total. The molecular formula is C24H37F3O6Si. The minimum absolute atomic E-state index is 0.313. The third-order valence-electron chi connectivity index (χ3n) is 4.74. The van der Waals surface area contributed by atoms with Crippen molar-refractivity contribution in [1.29, 1.82) is 0 Å². The molecule has 0 spiro atoms. The van der Waals surface area contributed by atoms with Crippen molar-refractivity contribution in [3.8, 4) is 5.75 Å². The Morgan fingerprint density at radius 1 is 0.853 bits per heavy atom. The number of benzene rings is 1. The Balaban J connectivity index is 2.17. The minimum Gasteiger partial charge on any atom is -0.463 e. The van der Waals surface area contributed by atoms with E-state index in [1.807, 2.05) is 20.8 Å². The minimum atomic E-state index is -4.73. The summed E-state index contributed by atoms with van der Waals surface area (Å²) in [6.07, 6.45) is 3.93. The predicted molar refractivity (Wildman–Crippen MR) is 126 cm³/mol. The summed E-state index contributed by atoms with van der Waals surface area (Å²) in [6.45, 7) is 7.96. The lowest BCUT2D eigenvalue weighted by Gasteiger charge is -2.28. The Morgan fingerprint density at radius 2 is 1.38 bits per heavy atom. The van der Waals surface area contributed by atoms with Crippen molar-refractivity contribution in [2.24, 2.45) is 0 Å². The van der Waals surface area contributed by atoms with Gasteiger partial charge in [0.15, 0.2) is 0 Å². The summed E-state index contributed by atoms with van der Waals surface area (Å²) in [4.78, 5) is 11.8. The molecule has 1 aromatic carbocycles. The van der Waals surface area contributed by atoms with Gasteiger partial charge >= 0.3 is 21.1 Å². The third kappa shape index (κ3) is 13.7. The van der Waals surface area contributed by atoms with Crippen molar-refractivity contribution in [3.63, 3.8) is 0 Å². The molecule has 0 saturated carbocycles. The highest BCUT2D eigenvalue weighted by atomic mass is 28.4. The molecule has 0 radical (unpaired) electrons. The van der Waals surface area contributed by atoms with Gasteiger partial charge in [-0.25, -0.2) is 4.79 Å². The highest BCUT2D eigenvalue weighted by Crippen LogP contribution is 2.23. The molecule has 0 heterocycles. The Labute approximate surface area is 201 Å². The van der Waals surface area contributed by atoms with Gasteiger partial charge in [0.05, 0.1) is 6.61 Å². The molecule has 0 atom stereocenters. The number of carbonyl (C=O) groups is 1. The fourth-order valence-corrected chi connectivity index (χ4v) is 6.00. The lowest BCUT2D eigenvalue weighted by molar-refractivity contribution is -0.274. The number of esters is 1. The smallest absolute Gasteiger partial charge is 0.463 e. The molecule has 1 aromatic rings. The first-order valence-electron chi connectivity index (χ1n) is 11.9. The number of alkyl halides is 3. The average molecular weight is 507 g/mol. The van der Waals surface area contributed by atoms with Crippen LogP contribution in [0.3, 0.4) is 0 Å². The van der Waals surface area contributed by atoms with Crippen LogP contribution < -0.4 is 4.74 Å². The molecule has 0 bridgehead atoms. The van der Waals surface area contributed by atoms with Crippen LogP contribution in [0.15, 0.2) is 30.3 Å². The maximum Gasteiger partial charge on any atom is 0.573 e. The van der Waals surface area contributed by atoms with Crippen LogP contribution in [-0.2, 0) is 22.8 Å². The van der Waals surface area contributed by atoms with E-state index < -0.39 is 21.1 Å². The lowest BCUT2D eigenvalue weighted by Crippen LogP contribution is -2.45. The number of hydrogen-bond acceptors (Lipinski definition) is 6. The van der Waals surface area contributed by atoms with Crippen LogP contribution in [0.25, 0.3) is 6.08 Å². The van der Waals surface area contributed by atoms with E-state index >= 15 is 0 Å². The number of rotatable bonds is 18. The van der Waals surface area contributed by atoms with Crippen molar-refractivity contribution < 1.29 is 40.7 Å². The van der Waals surface area contributed by atoms with Crippen molar-refractivity contribution in [1.82, 2.24) is 0 Å². The third-order valence-corrected chi connectivity index (χ3v) is 7.89. The Morgan fingerprint density at radius 3 is 1.91 bits per heavy atom. The van der Waals surface area contributed by atoms with Crippen LogP contribution in [0.1, 0.15) is 64.9 Å². The zero-order valence-corrected chi connectivity index (χ0v) is 21.3. The van der Waals surface area contributed by atoms with Crippen LogP contribution in [-0.4, -0.2) is 47.6 Å². The molecule has 0 aliphatic carbocycles. The molecule has 10 heteroatoms. The highest BCUT2D eigenvalue weighted by Gasteiger charge is 2.39. The molecule has 0 aliphatic rings. The quantitative estimate of drug-likeness (QED) is 0.0976. The van der Waals surface area contributed by atoms with Gasteiger partial charge in [-0.3, -0.25) is 0 Å². The SMILES string of the molecule is CCO[Si](CCCCCCCCOC(=O)/C=C/c1ccc(OC(F)(F)F)cc1)(OCC)OCC. The van der Waals surface area contributed by atoms with Crippen molar-refractivity contribution in [3.05, 3.63) is 35.9 Å². The second-order valence-corrected chi connectivity index (χ2v) is 10.2. The molecule has 0 fully saturated rings. The summed E-state index contributed by atoms with van der Waals surface area (Å²) in [5.74, 6) is -0.800. The van der Waals surface area contributed by atoms with E-state index in [0.717, 1.165) is 44.6 Å². The first-order valence-corrected chi connectivity index (χ1v) is 13.8. The fraction of sp³-hybridized carbons (Fsp3) is 0.625. The summed E-state index contributed by atoms with van der Waals surface area (Å²) in [5, 5.41) is 0. The van der Waals surface area contributed by atoms with Crippen LogP contribution in [0.5, 0.6) is 5.75 Å². The van der Waals surface area contributed by atoms with Gasteiger partial charge in [0, 0.05) is 31.9 Å². The van der Waals surface area contributed by atoms with Gasteiger partial charge in [0.25, 0.3) is 0 Å². The fourth-order valence-electron chi connectivity index (χ4n) is 3.32. The van der Waals surface area contributed by atoms with Crippen LogP contribution in [0, 0.1) is 0 Å². The van der Waals surface area contributed by atoms with Crippen molar-refractivity contribution in [2.45, 2.75) is 71.7 Å². The summed E-state index contributed by atoms with van der Waals surface area (Å²) in [7, 11) is -2.55. The van der Waals surface area contributed by atoms with Crippen molar-refractivity contribution in [2.75, 3.05) is 26.4 Å². The number of carbonyl (C=O) groups excluding carboxylic acids is 1. The van der Waals surface area contributed by atoms with Crippen molar-refractivity contribution >= 4 is 20.8 Å². The zero-order valence-electron chi connectivity index (χ0n) is 20.3. The molecule has 0 unspecified atom stereocenters. The maximum absolute atomic E-state index is 12.2. The number of ether oxygens (including phenoxy) is 2. The highest BCUT2D eigenvalue weighted by molar-refractivity contribution is 6.60. The molecular weight excluding hydrogens is 469 g/mol. The number of halogens is 3. The van der Waals surface area contributed by atoms with E-state index in [1.54, 1.807) is 0 Å². The van der Waals surface area contributed by atoms with Gasteiger partial charge in [-0.05, 0) is 57.4 Å². The zero-order chi connectivity index (χ0) is 25.3. The van der Waals surface area contributed by atoms with Crippen LogP contribution in [0.2, 0.25) is 6.04 Å². The first-order chi connectivity index (χ1) is 16.2. The van der Waals surface area contributed by atoms with Crippen LogP contribution >= 0.6 is 0 Å². The van der Waals surface area contributed by atoms with E-state index in [2.05, 4.69) is 4.74 Å². The van der Waals surface area contributed by atoms with Gasteiger partial charge in [-0.1, -0.05) is 37.8 Å². The standard InChI is InChI=1S/C24H37F3O6Si/c1-4-30-34(31-5-2,32-6-3)20-12-10-8-7-9-11-19-29-23(28)18-15-21-13-16-22(17-14-21)33-24(25,26)27/h13-18H,4-12,19-20H2,1-3H3/b18-15+. The molecule has 194 valence electrons. The average Bonchev–Trinajstić information content (AvgIpc) is 2.77. The molecule has 34 heavy (non-hydrogen) atoms. The Bertz CT molecular complexity index is 693. The number of unbranched alkanes of at least 4 members (excludes halogenated alkanes) is 5. The summed E-state index contributed by atoms with van der Waals surface area (Å²) >= 11 is 0. The summed E-state index contributed by atoms with van der Waals surface area (Å²) < 4.78 is 63.0. The van der Waals surface area contributed by atoms with Crippen LogP contribution in [0.4, 0.5) is 13.2 Å². The Hall–Kier alpha value is -1.88. The molecule has 0 saturated heterocycles. The monoisotopic (exact) mass is 506 g/mol. The summed E-state index contributed by atoms with van der Waals surface area (Å²) in [6, 6.07) is 6.05. The topological polar surface area (TPSA) is 63.2 Å². The van der Waals surface area contributed by atoms with E-state index in [9.17, 15) is 18.0 Å². The second-order valence-electron chi connectivity index (χ2n) is 7.47. The van der Waals surface area contributed by atoms with E-state index in [1.165, 1.54) is 36.4 Å². The molecule has 0 aliphatic heterocycles. The van der Waals surface area contributed by atoms with E-state index in [4.69, 9.17) is 18.0 Å². The lowest BCUT2D eigenvalue weighted by atomic mass is 10.1. The summed E-state index contributed by atoms with van der Waals surface area (Å²) in [5.41, 5.74) is 0.566. The van der Waals surface area contributed by atoms with Gasteiger partial charge in [0.2, 0.25) is 0 Å². The van der Waals surface area contributed by atoms with Gasteiger partial charge in [0.1, 0.15) is 5.75 Å². The normalized spacial score (nSPS) is 12.3. The van der Waals surface area contributed by atoms with Gasteiger partial charge < -0.3 is 22.8 Å². The second kappa shape index (κ2) is 16.7. The number of hydrogen-bond donors (Lipinski definition) is 0.